The average Bonchev–Trinajstić information content (AvgIpc) is 2.50. The van der Waals surface area contributed by atoms with E-state index in [1.54, 1.807) is 43.3 Å². The Morgan fingerprint density at radius 3 is 2.52 bits per heavy atom. The van der Waals surface area contributed by atoms with Crippen molar-refractivity contribution in [1.82, 2.24) is 0 Å². The normalized spacial score (nSPS) is 11.0. The predicted molar refractivity (Wildman–Crippen MR) is 82.2 cm³/mol. The molecule has 0 heterocycles. The van der Waals surface area contributed by atoms with Gasteiger partial charge < -0.3 is 5.11 Å². The van der Waals surface area contributed by atoms with E-state index in [1.807, 2.05) is 6.07 Å². The molecule has 2 rings (SSSR count). The van der Waals surface area contributed by atoms with Gasteiger partial charge in [-0.2, -0.15) is 5.26 Å². The molecule has 21 heavy (non-hydrogen) atoms. The van der Waals surface area contributed by atoms with Gasteiger partial charge in [0.2, 0.25) is 5.78 Å². The van der Waals surface area contributed by atoms with Gasteiger partial charge in [-0.3, -0.25) is 4.79 Å². The number of carbonyl (C=O) groups is 1. The van der Waals surface area contributed by atoms with Gasteiger partial charge in [0.15, 0.2) is 0 Å². The number of hydrogen-bond donors (Lipinski definition) is 1. The molecule has 0 aliphatic carbocycles. The van der Waals surface area contributed by atoms with Gasteiger partial charge >= 0.3 is 0 Å². The molecule has 0 atom stereocenters. The maximum atomic E-state index is 12.2. The number of Topliss-reactive ketones (excluding diaryl/α,β-unsaturated/α-hetero) is 1. The zero-order valence-corrected chi connectivity index (χ0v) is 12.1. The lowest BCUT2D eigenvalue weighted by Gasteiger charge is -2.04. The molecule has 4 heteroatoms. The highest BCUT2D eigenvalue weighted by Gasteiger charge is 2.12. The number of rotatable bonds is 3. The molecule has 0 spiro atoms. The van der Waals surface area contributed by atoms with Crippen LogP contribution < -0.4 is 0 Å². The van der Waals surface area contributed by atoms with Crippen LogP contribution in [0, 0.1) is 18.3 Å². The Balaban J connectivity index is 2.43. The number of aromatic hydroxyl groups is 1. The predicted octanol–water partition coefficient (Wildman–Crippen LogP) is 4.14. The summed E-state index contributed by atoms with van der Waals surface area (Å²) in [5.74, 6) is -0.346. The monoisotopic (exact) mass is 297 g/mol. The Bertz CT molecular complexity index is 735. The minimum absolute atomic E-state index is 0.00158. The summed E-state index contributed by atoms with van der Waals surface area (Å²) < 4.78 is 0. The molecule has 2 aromatic rings. The number of nitrogens with zero attached hydrogens (tertiary/aromatic N) is 1. The first-order valence-corrected chi connectivity index (χ1v) is 6.61. The maximum Gasteiger partial charge on any atom is 0.203 e. The molecule has 0 aromatic heterocycles. The first kappa shape index (κ1) is 14.8. The summed E-state index contributed by atoms with van der Waals surface area (Å²) in [5, 5.41) is 19.0. The van der Waals surface area contributed by atoms with Gasteiger partial charge in [-0.25, -0.2) is 0 Å². The first-order chi connectivity index (χ1) is 10.0. The zero-order chi connectivity index (χ0) is 15.4. The van der Waals surface area contributed by atoms with Crippen LogP contribution in [0.5, 0.6) is 5.75 Å². The molecule has 0 bridgehead atoms. The largest absolute Gasteiger partial charge is 0.506 e. The lowest BCUT2D eigenvalue weighted by molar-refractivity contribution is 0.104. The lowest BCUT2D eigenvalue weighted by Crippen LogP contribution is -2.01. The van der Waals surface area contributed by atoms with Gasteiger partial charge in [-0.1, -0.05) is 41.9 Å². The van der Waals surface area contributed by atoms with Crippen molar-refractivity contribution in [3.63, 3.8) is 0 Å². The molecule has 0 unspecified atom stereocenters. The number of hydrogen-bond acceptors (Lipinski definition) is 3. The van der Waals surface area contributed by atoms with Crippen molar-refractivity contribution in [2.45, 2.75) is 6.92 Å². The smallest absolute Gasteiger partial charge is 0.203 e. The van der Waals surface area contributed by atoms with Crippen molar-refractivity contribution < 1.29 is 9.90 Å². The minimum Gasteiger partial charge on any atom is -0.506 e. The standard InChI is InChI=1S/C17H12ClNO2/c1-11-7-12(9-15(18)16(11)20)8-14(10-19)17(21)13-5-3-2-4-6-13/h2-9,20H,1H3/b14-8+. The van der Waals surface area contributed by atoms with E-state index in [0.29, 0.717) is 16.7 Å². The van der Waals surface area contributed by atoms with E-state index < -0.39 is 0 Å². The summed E-state index contributed by atoms with van der Waals surface area (Å²) in [4.78, 5) is 12.2. The maximum absolute atomic E-state index is 12.2. The van der Waals surface area contributed by atoms with E-state index in [-0.39, 0.29) is 22.1 Å². The number of carbonyl (C=O) groups excluding carboxylic acids is 1. The van der Waals surface area contributed by atoms with Crippen molar-refractivity contribution >= 4 is 23.5 Å². The van der Waals surface area contributed by atoms with Crippen LogP contribution in [0.4, 0.5) is 0 Å². The van der Waals surface area contributed by atoms with Gasteiger partial charge in [0.25, 0.3) is 0 Å². The highest BCUT2D eigenvalue weighted by molar-refractivity contribution is 6.32. The number of aryl methyl sites for hydroxylation is 1. The molecule has 104 valence electrons. The molecule has 0 saturated heterocycles. The molecular weight excluding hydrogens is 286 g/mol. The fourth-order valence-corrected chi connectivity index (χ4v) is 2.18. The van der Waals surface area contributed by atoms with Gasteiger partial charge in [0.1, 0.15) is 17.4 Å². The first-order valence-electron chi connectivity index (χ1n) is 6.23. The van der Waals surface area contributed by atoms with E-state index in [0.717, 1.165) is 0 Å². The number of phenols is 1. The van der Waals surface area contributed by atoms with E-state index in [4.69, 9.17) is 11.6 Å². The van der Waals surface area contributed by atoms with Crippen LogP contribution in [0.15, 0.2) is 48.0 Å². The number of halogens is 1. The second-order valence-electron chi connectivity index (χ2n) is 4.53. The van der Waals surface area contributed by atoms with E-state index in [2.05, 4.69) is 0 Å². The SMILES string of the molecule is Cc1cc(/C=C(\C#N)C(=O)c2ccccc2)cc(Cl)c1O. The summed E-state index contributed by atoms with van der Waals surface area (Å²) in [6.45, 7) is 1.70. The molecule has 2 aromatic carbocycles. The third-order valence-electron chi connectivity index (χ3n) is 2.99. The fourth-order valence-electron chi connectivity index (χ4n) is 1.91. The third kappa shape index (κ3) is 3.31. The molecular formula is C17H12ClNO2. The van der Waals surface area contributed by atoms with Crippen LogP contribution >= 0.6 is 11.6 Å². The summed E-state index contributed by atoms with van der Waals surface area (Å²) in [6, 6.07) is 13.7. The highest BCUT2D eigenvalue weighted by Crippen LogP contribution is 2.29. The summed E-state index contributed by atoms with van der Waals surface area (Å²) in [7, 11) is 0. The zero-order valence-electron chi connectivity index (χ0n) is 11.3. The summed E-state index contributed by atoms with van der Waals surface area (Å²) in [6.07, 6.45) is 1.47. The molecule has 0 radical (unpaired) electrons. The number of phenolic OH excluding ortho intramolecular Hbond substituents is 1. The van der Waals surface area contributed by atoms with Gasteiger partial charge in [-0.05, 0) is 36.3 Å². The van der Waals surface area contributed by atoms with Crippen molar-refractivity contribution in [2.24, 2.45) is 0 Å². The Morgan fingerprint density at radius 1 is 1.29 bits per heavy atom. The average molecular weight is 298 g/mol. The van der Waals surface area contributed by atoms with Crippen molar-refractivity contribution in [2.75, 3.05) is 0 Å². The quantitative estimate of drug-likeness (QED) is 0.526. The van der Waals surface area contributed by atoms with Crippen molar-refractivity contribution in [3.8, 4) is 11.8 Å². The Labute approximate surface area is 127 Å². The summed E-state index contributed by atoms with van der Waals surface area (Å²) in [5.41, 5.74) is 1.64. The third-order valence-corrected chi connectivity index (χ3v) is 3.28. The number of allylic oxidation sites excluding steroid dienone is 1. The van der Waals surface area contributed by atoms with Crippen LogP contribution in [-0.4, -0.2) is 10.9 Å². The van der Waals surface area contributed by atoms with Gasteiger partial charge in [-0.15, -0.1) is 0 Å². The lowest BCUT2D eigenvalue weighted by atomic mass is 10.0. The van der Waals surface area contributed by atoms with Crippen molar-refractivity contribution in [3.05, 3.63) is 69.8 Å². The second kappa shape index (κ2) is 6.25. The Morgan fingerprint density at radius 2 is 1.95 bits per heavy atom. The molecule has 0 aliphatic rings. The van der Waals surface area contributed by atoms with Crippen LogP contribution in [0.3, 0.4) is 0 Å². The molecule has 1 N–H and O–H groups in total. The molecule has 0 aliphatic heterocycles. The van der Waals surface area contributed by atoms with Crippen LogP contribution in [-0.2, 0) is 0 Å². The molecule has 0 fully saturated rings. The molecule has 0 saturated carbocycles. The van der Waals surface area contributed by atoms with E-state index >= 15 is 0 Å². The topological polar surface area (TPSA) is 61.1 Å². The van der Waals surface area contributed by atoms with Gasteiger partial charge in [0, 0.05) is 5.56 Å². The van der Waals surface area contributed by atoms with E-state index in [1.165, 1.54) is 12.1 Å². The van der Waals surface area contributed by atoms with Crippen LogP contribution in [0.1, 0.15) is 21.5 Å². The highest BCUT2D eigenvalue weighted by atomic mass is 35.5. The number of ketones is 1. The number of nitriles is 1. The van der Waals surface area contributed by atoms with Crippen LogP contribution in [0.2, 0.25) is 5.02 Å². The van der Waals surface area contributed by atoms with E-state index in [9.17, 15) is 15.2 Å². The Kier molecular flexibility index (Phi) is 4.42. The van der Waals surface area contributed by atoms with Crippen molar-refractivity contribution in [1.29, 1.82) is 5.26 Å². The minimum atomic E-state index is -0.347. The second-order valence-corrected chi connectivity index (χ2v) is 4.94. The Hall–Kier alpha value is -2.57. The van der Waals surface area contributed by atoms with Gasteiger partial charge in [0.05, 0.1) is 5.02 Å². The molecule has 0 amide bonds. The number of benzene rings is 2. The fraction of sp³-hybridized carbons (Fsp3) is 0.0588. The molecule has 3 nitrogen and oxygen atoms in total. The van der Waals surface area contributed by atoms with Crippen LogP contribution in [0.25, 0.3) is 6.08 Å². The summed E-state index contributed by atoms with van der Waals surface area (Å²) >= 11 is 5.90.